The molecule has 0 heterocycles. The van der Waals surface area contributed by atoms with Crippen LogP contribution in [-0.4, -0.2) is 113 Å². The number of benzene rings is 2. The third-order valence-corrected chi connectivity index (χ3v) is 5.82. The molecule has 0 radical (unpaired) electrons. The Balaban J connectivity index is 1.61. The van der Waals surface area contributed by atoms with Crippen molar-refractivity contribution in [3.8, 4) is 28.7 Å². The smallest absolute Gasteiger partial charge is 0.203 e. The zero-order chi connectivity index (χ0) is 29.5. The molecule has 2 aromatic rings. The van der Waals surface area contributed by atoms with Crippen molar-refractivity contribution in [2.75, 3.05) is 108 Å². The third kappa shape index (κ3) is 14.1. The highest BCUT2D eigenvalue weighted by atomic mass is 16.6. The van der Waals surface area contributed by atoms with Gasteiger partial charge in [-0.25, -0.2) is 0 Å². The van der Waals surface area contributed by atoms with Crippen molar-refractivity contribution < 1.29 is 52.5 Å². The Hall–Kier alpha value is -2.80. The van der Waals surface area contributed by atoms with Gasteiger partial charge in [-0.05, 0) is 48.2 Å². The Bertz CT molecular complexity index is 929. The molecule has 0 aliphatic heterocycles. The van der Waals surface area contributed by atoms with Crippen molar-refractivity contribution in [3.63, 3.8) is 0 Å². The summed E-state index contributed by atoms with van der Waals surface area (Å²) in [7, 11) is 6.46. The average Bonchev–Trinajstić information content (AvgIpc) is 3.00. The fourth-order valence-electron chi connectivity index (χ4n) is 3.81. The Morgan fingerprint density at radius 1 is 0.463 bits per heavy atom. The van der Waals surface area contributed by atoms with E-state index in [9.17, 15) is 0 Å². The van der Waals surface area contributed by atoms with Gasteiger partial charge in [-0.15, -0.1) is 0 Å². The lowest BCUT2D eigenvalue weighted by Gasteiger charge is -2.15. The Morgan fingerprint density at radius 2 is 0.902 bits per heavy atom. The van der Waals surface area contributed by atoms with Crippen LogP contribution in [0.3, 0.4) is 0 Å². The fraction of sp³-hybridized carbons (Fsp3) is 0.600. The first kappa shape index (κ1) is 34.4. The molecule has 0 saturated carbocycles. The van der Waals surface area contributed by atoms with Gasteiger partial charge in [0.15, 0.2) is 11.5 Å². The lowest BCUT2D eigenvalue weighted by Crippen LogP contribution is -2.14. The molecule has 0 fully saturated rings. The second kappa shape index (κ2) is 21.9. The van der Waals surface area contributed by atoms with Gasteiger partial charge in [0.2, 0.25) is 5.75 Å². The van der Waals surface area contributed by atoms with Crippen molar-refractivity contribution in [2.45, 2.75) is 12.8 Å². The van der Waals surface area contributed by atoms with Crippen LogP contribution in [0.1, 0.15) is 11.1 Å². The van der Waals surface area contributed by atoms with Crippen molar-refractivity contribution >= 4 is 0 Å². The first-order chi connectivity index (χ1) is 20.1. The summed E-state index contributed by atoms with van der Waals surface area (Å²) < 4.78 is 54.7. The molecule has 11 nitrogen and oxygen atoms in total. The minimum atomic E-state index is 0.0212. The monoisotopic (exact) mass is 582 g/mol. The molecule has 232 valence electrons. The molecule has 1 N–H and O–H groups in total. The zero-order valence-corrected chi connectivity index (χ0v) is 24.8. The minimum absolute atomic E-state index is 0.0212. The summed E-state index contributed by atoms with van der Waals surface area (Å²) in [6, 6.07) is 9.81. The lowest BCUT2D eigenvalue weighted by atomic mass is 10.0. The summed E-state index contributed by atoms with van der Waals surface area (Å²) >= 11 is 0. The maximum Gasteiger partial charge on any atom is 0.203 e. The molecule has 0 atom stereocenters. The van der Waals surface area contributed by atoms with E-state index < -0.39 is 0 Å². The van der Waals surface area contributed by atoms with Crippen molar-refractivity contribution in [2.24, 2.45) is 0 Å². The average molecular weight is 583 g/mol. The van der Waals surface area contributed by atoms with Crippen LogP contribution in [0.4, 0.5) is 0 Å². The first-order valence-corrected chi connectivity index (χ1v) is 13.7. The van der Waals surface area contributed by atoms with E-state index in [0.717, 1.165) is 35.5 Å². The summed E-state index contributed by atoms with van der Waals surface area (Å²) in [5, 5.41) is 8.60. The van der Waals surface area contributed by atoms with Gasteiger partial charge in [0.1, 0.15) is 18.1 Å². The SMILES string of the molecule is COc1cc(CCc2cc(OC)c(OC)c(OC)c2)cc(OCCOCCOCCOCCOCCOCCO)c1. The topological polar surface area (TPSA) is 113 Å². The summed E-state index contributed by atoms with van der Waals surface area (Å²) in [4.78, 5) is 0. The van der Waals surface area contributed by atoms with Crippen LogP contribution >= 0.6 is 0 Å². The van der Waals surface area contributed by atoms with Crippen LogP contribution in [0.2, 0.25) is 0 Å². The molecule has 0 amide bonds. The quantitative estimate of drug-likeness (QED) is 0.174. The fourth-order valence-corrected chi connectivity index (χ4v) is 3.81. The highest BCUT2D eigenvalue weighted by molar-refractivity contribution is 5.54. The van der Waals surface area contributed by atoms with Gasteiger partial charge >= 0.3 is 0 Å². The molecule has 41 heavy (non-hydrogen) atoms. The van der Waals surface area contributed by atoms with E-state index in [-0.39, 0.29) is 6.61 Å². The molecule has 0 aromatic heterocycles. The lowest BCUT2D eigenvalue weighted by molar-refractivity contribution is -0.0146. The molecule has 0 spiro atoms. The normalized spacial score (nSPS) is 11.0. The molecule has 0 aliphatic rings. The molecular formula is C30H46O11. The van der Waals surface area contributed by atoms with E-state index in [0.29, 0.717) is 89.9 Å². The van der Waals surface area contributed by atoms with Crippen molar-refractivity contribution in [1.82, 2.24) is 0 Å². The van der Waals surface area contributed by atoms with Crippen LogP contribution in [0.5, 0.6) is 28.7 Å². The number of methoxy groups -OCH3 is 4. The molecule has 0 aliphatic carbocycles. The highest BCUT2D eigenvalue weighted by Gasteiger charge is 2.13. The van der Waals surface area contributed by atoms with E-state index in [2.05, 4.69) is 0 Å². The zero-order valence-electron chi connectivity index (χ0n) is 24.8. The Labute approximate surface area is 243 Å². The standard InChI is InChI=1S/C30H46O11/c1-32-26-19-24(5-6-25-21-28(33-2)30(35-4)29(22-25)34-3)20-27(23-26)41-18-17-40-16-15-39-14-13-38-12-11-37-10-9-36-8-7-31/h19-23,31H,5-18H2,1-4H3. The van der Waals surface area contributed by atoms with Gasteiger partial charge in [0.05, 0.1) is 101 Å². The highest BCUT2D eigenvalue weighted by Crippen LogP contribution is 2.38. The van der Waals surface area contributed by atoms with Gasteiger partial charge in [0.25, 0.3) is 0 Å². The van der Waals surface area contributed by atoms with Crippen LogP contribution in [-0.2, 0) is 36.5 Å². The predicted molar refractivity (Wildman–Crippen MR) is 153 cm³/mol. The van der Waals surface area contributed by atoms with Gasteiger partial charge in [0, 0.05) is 6.07 Å². The number of aliphatic hydroxyl groups excluding tert-OH is 1. The predicted octanol–water partition coefficient (Wildman–Crippen LogP) is 2.96. The summed E-state index contributed by atoms with van der Waals surface area (Å²) in [5.41, 5.74) is 2.15. The molecule has 0 bridgehead atoms. The van der Waals surface area contributed by atoms with Crippen LogP contribution < -0.4 is 23.7 Å². The van der Waals surface area contributed by atoms with E-state index >= 15 is 0 Å². The molecule has 0 saturated heterocycles. The van der Waals surface area contributed by atoms with Crippen LogP contribution in [0.15, 0.2) is 30.3 Å². The molecule has 0 unspecified atom stereocenters. The number of hydrogen-bond acceptors (Lipinski definition) is 11. The first-order valence-electron chi connectivity index (χ1n) is 13.7. The molecule has 11 heteroatoms. The number of ether oxygens (including phenoxy) is 10. The Kier molecular flexibility index (Phi) is 18.4. The van der Waals surface area contributed by atoms with Crippen molar-refractivity contribution in [3.05, 3.63) is 41.5 Å². The van der Waals surface area contributed by atoms with Gasteiger partial charge < -0.3 is 52.5 Å². The van der Waals surface area contributed by atoms with E-state index in [1.54, 1.807) is 28.4 Å². The summed E-state index contributed by atoms with van der Waals surface area (Å²) in [5.74, 6) is 3.30. The Morgan fingerprint density at radius 3 is 1.34 bits per heavy atom. The molecule has 2 rings (SSSR count). The number of rotatable bonds is 25. The number of aryl methyl sites for hydroxylation is 2. The summed E-state index contributed by atoms with van der Waals surface area (Å²) in [6.45, 7) is 5.07. The third-order valence-electron chi connectivity index (χ3n) is 5.82. The number of hydrogen-bond donors (Lipinski definition) is 1. The van der Waals surface area contributed by atoms with Gasteiger partial charge in [-0.2, -0.15) is 0 Å². The largest absolute Gasteiger partial charge is 0.497 e. The summed E-state index contributed by atoms with van der Waals surface area (Å²) in [6.07, 6.45) is 1.55. The maximum atomic E-state index is 8.60. The maximum absolute atomic E-state index is 8.60. The second-order valence-electron chi connectivity index (χ2n) is 8.68. The van der Waals surface area contributed by atoms with Gasteiger partial charge in [-0.1, -0.05) is 0 Å². The van der Waals surface area contributed by atoms with E-state index in [1.807, 2.05) is 30.3 Å². The van der Waals surface area contributed by atoms with E-state index in [1.165, 1.54) is 0 Å². The molecular weight excluding hydrogens is 536 g/mol. The van der Waals surface area contributed by atoms with Crippen LogP contribution in [0, 0.1) is 0 Å². The second-order valence-corrected chi connectivity index (χ2v) is 8.68. The van der Waals surface area contributed by atoms with Crippen LogP contribution in [0.25, 0.3) is 0 Å². The van der Waals surface area contributed by atoms with E-state index in [4.69, 9.17) is 52.5 Å². The minimum Gasteiger partial charge on any atom is -0.497 e. The van der Waals surface area contributed by atoms with Gasteiger partial charge in [-0.3, -0.25) is 0 Å². The number of aliphatic hydroxyl groups is 1. The molecule has 2 aromatic carbocycles. The van der Waals surface area contributed by atoms with Crippen molar-refractivity contribution in [1.29, 1.82) is 0 Å².